The number of carbonyl (C=O) groups is 1. The van der Waals surface area contributed by atoms with Crippen LogP contribution in [0.2, 0.25) is 0 Å². The lowest BCUT2D eigenvalue weighted by Crippen LogP contribution is -2.31. The molecule has 0 spiro atoms. The largest absolute Gasteiger partial charge is 0.472 e. The highest BCUT2D eigenvalue weighted by Gasteiger charge is 2.28. The monoisotopic (exact) mass is 287 g/mol. The van der Waals surface area contributed by atoms with Crippen molar-refractivity contribution < 1.29 is 13.9 Å². The van der Waals surface area contributed by atoms with Crippen LogP contribution < -0.4 is 4.74 Å². The molecule has 1 atom stereocenters. The summed E-state index contributed by atoms with van der Waals surface area (Å²) in [5.74, 6) is -0.397. The Morgan fingerprint density at radius 1 is 1.33 bits per heavy atom. The minimum Gasteiger partial charge on any atom is -0.472 e. The van der Waals surface area contributed by atoms with Gasteiger partial charge in [-0.2, -0.15) is 9.37 Å². The fraction of sp³-hybridized carbons (Fsp3) is 0.267. The van der Waals surface area contributed by atoms with E-state index >= 15 is 0 Å². The zero-order valence-electron chi connectivity index (χ0n) is 11.3. The van der Waals surface area contributed by atoms with E-state index in [1.165, 1.54) is 6.07 Å². The summed E-state index contributed by atoms with van der Waals surface area (Å²) < 4.78 is 18.6. The van der Waals surface area contributed by atoms with E-state index in [2.05, 4.69) is 9.97 Å². The van der Waals surface area contributed by atoms with Crippen LogP contribution in [0.1, 0.15) is 16.8 Å². The van der Waals surface area contributed by atoms with Gasteiger partial charge in [-0.3, -0.25) is 9.78 Å². The molecule has 3 heterocycles. The van der Waals surface area contributed by atoms with Crippen molar-refractivity contribution in [2.45, 2.75) is 12.5 Å². The molecule has 1 aliphatic heterocycles. The van der Waals surface area contributed by atoms with E-state index in [1.807, 2.05) is 0 Å². The van der Waals surface area contributed by atoms with Gasteiger partial charge in [0.15, 0.2) is 0 Å². The highest BCUT2D eigenvalue weighted by Crippen LogP contribution is 2.18. The third kappa shape index (κ3) is 3.16. The number of ether oxygens (including phenoxy) is 1. The number of carbonyl (C=O) groups excluding carboxylic acids is 1. The molecular formula is C15H14FN3O2. The zero-order chi connectivity index (χ0) is 14.7. The molecule has 0 N–H and O–H groups in total. The summed E-state index contributed by atoms with van der Waals surface area (Å²) in [6.45, 7) is 1.07. The highest BCUT2D eigenvalue weighted by molar-refractivity contribution is 5.94. The van der Waals surface area contributed by atoms with E-state index in [-0.39, 0.29) is 17.9 Å². The van der Waals surface area contributed by atoms with Crippen LogP contribution in [0.3, 0.4) is 0 Å². The van der Waals surface area contributed by atoms with Crippen LogP contribution in [0.25, 0.3) is 0 Å². The Morgan fingerprint density at radius 2 is 2.24 bits per heavy atom. The van der Waals surface area contributed by atoms with Gasteiger partial charge in [-0.05, 0) is 18.2 Å². The molecule has 6 heteroatoms. The van der Waals surface area contributed by atoms with Gasteiger partial charge < -0.3 is 9.64 Å². The van der Waals surface area contributed by atoms with Crippen molar-refractivity contribution in [3.05, 3.63) is 54.2 Å². The van der Waals surface area contributed by atoms with Crippen molar-refractivity contribution in [3.8, 4) is 5.88 Å². The number of halogens is 1. The Kier molecular flexibility index (Phi) is 3.77. The number of likely N-dealkylation sites (tertiary alicyclic amines) is 1. The maximum Gasteiger partial charge on any atom is 0.255 e. The predicted molar refractivity (Wildman–Crippen MR) is 73.4 cm³/mol. The fourth-order valence-corrected chi connectivity index (χ4v) is 2.31. The minimum atomic E-state index is -0.575. The van der Waals surface area contributed by atoms with Gasteiger partial charge in [0, 0.05) is 31.4 Å². The molecular weight excluding hydrogens is 273 g/mol. The Bertz CT molecular complexity index is 636. The van der Waals surface area contributed by atoms with Crippen LogP contribution in [0.4, 0.5) is 4.39 Å². The van der Waals surface area contributed by atoms with Crippen LogP contribution in [-0.4, -0.2) is 40.0 Å². The Hall–Kier alpha value is -2.50. The van der Waals surface area contributed by atoms with Crippen LogP contribution >= 0.6 is 0 Å². The number of rotatable bonds is 3. The topological polar surface area (TPSA) is 55.3 Å². The van der Waals surface area contributed by atoms with Crippen LogP contribution in [0.15, 0.2) is 42.7 Å². The number of nitrogens with zero attached hydrogens (tertiary/aromatic N) is 3. The van der Waals surface area contributed by atoms with E-state index < -0.39 is 5.95 Å². The molecule has 0 saturated carbocycles. The van der Waals surface area contributed by atoms with Crippen molar-refractivity contribution >= 4 is 5.91 Å². The molecule has 0 aliphatic carbocycles. The molecule has 21 heavy (non-hydrogen) atoms. The quantitative estimate of drug-likeness (QED) is 0.809. The van der Waals surface area contributed by atoms with E-state index in [0.717, 1.165) is 0 Å². The summed E-state index contributed by atoms with van der Waals surface area (Å²) in [4.78, 5) is 21.6. The first-order valence-corrected chi connectivity index (χ1v) is 6.71. The summed E-state index contributed by atoms with van der Waals surface area (Å²) in [7, 11) is 0. The molecule has 1 fully saturated rings. The second-order valence-electron chi connectivity index (χ2n) is 4.82. The third-order valence-corrected chi connectivity index (χ3v) is 3.32. The number of hydrogen-bond donors (Lipinski definition) is 0. The second-order valence-corrected chi connectivity index (χ2v) is 4.82. The maximum atomic E-state index is 13.0. The molecule has 2 aromatic heterocycles. The molecule has 5 nitrogen and oxygen atoms in total. The van der Waals surface area contributed by atoms with Gasteiger partial charge >= 0.3 is 0 Å². The van der Waals surface area contributed by atoms with Crippen molar-refractivity contribution in [2.24, 2.45) is 0 Å². The maximum absolute atomic E-state index is 13.0. The Morgan fingerprint density at radius 3 is 3.00 bits per heavy atom. The average molecular weight is 287 g/mol. The molecule has 0 radical (unpaired) electrons. The number of pyridine rings is 2. The molecule has 1 saturated heterocycles. The number of amides is 1. The van der Waals surface area contributed by atoms with Gasteiger partial charge in [0.2, 0.25) is 11.8 Å². The average Bonchev–Trinajstić information content (AvgIpc) is 2.96. The molecule has 1 aliphatic rings. The summed E-state index contributed by atoms with van der Waals surface area (Å²) in [6, 6.07) is 7.88. The zero-order valence-corrected chi connectivity index (χ0v) is 11.3. The minimum absolute atomic E-state index is 0.0681. The first kappa shape index (κ1) is 13.5. The van der Waals surface area contributed by atoms with E-state index in [4.69, 9.17) is 4.74 Å². The first-order valence-electron chi connectivity index (χ1n) is 6.71. The van der Waals surface area contributed by atoms with Crippen molar-refractivity contribution in [3.63, 3.8) is 0 Å². The molecule has 3 rings (SSSR count). The number of hydrogen-bond acceptors (Lipinski definition) is 4. The van der Waals surface area contributed by atoms with Crippen molar-refractivity contribution in [1.29, 1.82) is 0 Å². The van der Waals surface area contributed by atoms with E-state index in [9.17, 15) is 9.18 Å². The summed E-state index contributed by atoms with van der Waals surface area (Å²) >= 11 is 0. The van der Waals surface area contributed by atoms with Crippen molar-refractivity contribution in [2.75, 3.05) is 13.1 Å². The second kappa shape index (κ2) is 5.87. The van der Waals surface area contributed by atoms with Gasteiger partial charge in [-0.15, -0.1) is 0 Å². The van der Waals surface area contributed by atoms with Gasteiger partial charge in [0.05, 0.1) is 12.1 Å². The lowest BCUT2D eigenvalue weighted by atomic mass is 10.2. The molecule has 0 aromatic carbocycles. The number of aromatic nitrogens is 2. The Labute approximate surface area is 121 Å². The van der Waals surface area contributed by atoms with Crippen LogP contribution in [-0.2, 0) is 0 Å². The van der Waals surface area contributed by atoms with Gasteiger partial charge in [0.1, 0.15) is 6.10 Å². The summed E-state index contributed by atoms with van der Waals surface area (Å²) in [6.07, 6.45) is 3.71. The van der Waals surface area contributed by atoms with Crippen LogP contribution in [0.5, 0.6) is 5.88 Å². The molecule has 0 bridgehead atoms. The normalized spacial score (nSPS) is 17.8. The third-order valence-electron chi connectivity index (χ3n) is 3.32. The standard InChI is InChI=1S/C15H14FN3O2/c16-13-4-1-5-14(18-13)21-12-6-8-19(10-12)15(20)11-3-2-7-17-9-11/h1-5,7,9,12H,6,8,10H2. The molecule has 1 amide bonds. The lowest BCUT2D eigenvalue weighted by molar-refractivity contribution is 0.0770. The van der Waals surface area contributed by atoms with E-state index in [0.29, 0.717) is 25.1 Å². The molecule has 2 aromatic rings. The first-order chi connectivity index (χ1) is 10.2. The van der Waals surface area contributed by atoms with Crippen molar-refractivity contribution in [1.82, 2.24) is 14.9 Å². The summed E-state index contributed by atoms with van der Waals surface area (Å²) in [5, 5.41) is 0. The van der Waals surface area contributed by atoms with Gasteiger partial charge in [-0.1, -0.05) is 6.07 Å². The highest BCUT2D eigenvalue weighted by atomic mass is 19.1. The molecule has 108 valence electrons. The predicted octanol–water partition coefficient (Wildman–Crippen LogP) is 1.91. The smallest absolute Gasteiger partial charge is 0.255 e. The van der Waals surface area contributed by atoms with Gasteiger partial charge in [0.25, 0.3) is 5.91 Å². The van der Waals surface area contributed by atoms with E-state index in [1.54, 1.807) is 41.6 Å². The lowest BCUT2D eigenvalue weighted by Gasteiger charge is -2.16. The SMILES string of the molecule is O=C(c1cccnc1)N1CCC(Oc2cccc(F)n2)C1. The van der Waals surface area contributed by atoms with Crippen LogP contribution in [0, 0.1) is 5.95 Å². The fourth-order valence-electron chi connectivity index (χ4n) is 2.31. The molecule has 1 unspecified atom stereocenters. The van der Waals surface area contributed by atoms with Gasteiger partial charge in [-0.25, -0.2) is 0 Å². The Balaban J connectivity index is 1.62. The summed E-state index contributed by atoms with van der Waals surface area (Å²) in [5.41, 5.74) is 0.557.